The molecular formula is C15H10F4N2O2S. The molecule has 126 valence electrons. The van der Waals surface area contributed by atoms with Crippen LogP contribution in [0.2, 0.25) is 0 Å². The molecule has 4 nitrogen and oxygen atoms in total. The molecule has 0 fully saturated rings. The Kier molecular flexibility index (Phi) is 4.18. The van der Waals surface area contributed by atoms with Crippen LogP contribution in [0.3, 0.4) is 0 Å². The highest BCUT2D eigenvalue weighted by atomic mass is 32.1. The summed E-state index contributed by atoms with van der Waals surface area (Å²) >= 11 is 5.00. The zero-order valence-electron chi connectivity index (χ0n) is 11.9. The topological polar surface area (TPSA) is 42.5 Å². The van der Waals surface area contributed by atoms with Crippen LogP contribution in [0.1, 0.15) is 5.56 Å². The van der Waals surface area contributed by atoms with E-state index >= 15 is 0 Å². The number of halogens is 4. The Bertz CT molecular complexity index is 796. The minimum atomic E-state index is -4.57. The molecule has 0 radical (unpaired) electrons. The average molecular weight is 358 g/mol. The minimum Gasteiger partial charge on any atom is -0.454 e. The van der Waals surface area contributed by atoms with E-state index in [4.69, 9.17) is 21.7 Å². The molecule has 0 unspecified atom stereocenters. The van der Waals surface area contributed by atoms with Crippen molar-refractivity contribution in [2.24, 2.45) is 0 Å². The van der Waals surface area contributed by atoms with E-state index in [0.29, 0.717) is 29.3 Å². The molecule has 0 amide bonds. The van der Waals surface area contributed by atoms with E-state index in [1.165, 1.54) is 0 Å². The number of anilines is 2. The molecule has 1 heterocycles. The lowest BCUT2D eigenvalue weighted by Crippen LogP contribution is -2.20. The molecule has 0 atom stereocenters. The van der Waals surface area contributed by atoms with Gasteiger partial charge in [0.2, 0.25) is 6.79 Å². The fourth-order valence-electron chi connectivity index (χ4n) is 2.06. The number of alkyl halides is 3. The number of hydrogen-bond acceptors (Lipinski definition) is 3. The normalized spacial score (nSPS) is 12.8. The van der Waals surface area contributed by atoms with Gasteiger partial charge in [0.15, 0.2) is 16.6 Å². The molecule has 24 heavy (non-hydrogen) atoms. The van der Waals surface area contributed by atoms with Gasteiger partial charge in [0.1, 0.15) is 5.82 Å². The third kappa shape index (κ3) is 3.51. The van der Waals surface area contributed by atoms with Crippen molar-refractivity contribution in [3.05, 3.63) is 47.8 Å². The van der Waals surface area contributed by atoms with E-state index in [9.17, 15) is 17.6 Å². The Balaban J connectivity index is 1.73. The molecule has 0 spiro atoms. The average Bonchev–Trinajstić information content (AvgIpc) is 2.96. The lowest BCUT2D eigenvalue weighted by atomic mass is 10.2. The zero-order valence-corrected chi connectivity index (χ0v) is 12.7. The summed E-state index contributed by atoms with van der Waals surface area (Å²) in [6.45, 7) is 0.108. The van der Waals surface area contributed by atoms with Gasteiger partial charge >= 0.3 is 6.18 Å². The van der Waals surface area contributed by atoms with Crippen molar-refractivity contribution in [1.82, 2.24) is 0 Å². The molecule has 0 aromatic heterocycles. The fraction of sp³-hybridized carbons (Fsp3) is 0.133. The maximum Gasteiger partial charge on any atom is 0.416 e. The van der Waals surface area contributed by atoms with Gasteiger partial charge in [0.05, 0.1) is 11.3 Å². The van der Waals surface area contributed by atoms with Crippen molar-refractivity contribution < 1.29 is 27.0 Å². The van der Waals surface area contributed by atoms with Crippen LogP contribution in [0.15, 0.2) is 36.4 Å². The lowest BCUT2D eigenvalue weighted by Gasteiger charge is -2.13. The van der Waals surface area contributed by atoms with Gasteiger partial charge in [-0.2, -0.15) is 13.2 Å². The van der Waals surface area contributed by atoms with E-state index in [-0.39, 0.29) is 17.6 Å². The molecule has 3 rings (SSSR count). The van der Waals surface area contributed by atoms with E-state index in [0.717, 1.165) is 6.07 Å². The van der Waals surface area contributed by atoms with Crippen LogP contribution in [-0.4, -0.2) is 11.9 Å². The van der Waals surface area contributed by atoms with Gasteiger partial charge in [-0.3, -0.25) is 0 Å². The maximum atomic E-state index is 13.7. The number of hydrogen-bond donors (Lipinski definition) is 2. The number of nitrogens with one attached hydrogen (secondary N) is 2. The van der Waals surface area contributed by atoms with Gasteiger partial charge in [-0.25, -0.2) is 4.39 Å². The first-order valence-electron chi connectivity index (χ1n) is 6.67. The highest BCUT2D eigenvalue weighted by Gasteiger charge is 2.31. The standard InChI is InChI=1S/C15H10F4N2O2S/c16-10-3-1-8(15(17,18)19)5-11(10)21-14(24)20-9-2-4-12-13(6-9)23-7-22-12/h1-6H,7H2,(H2,20,21,24). The summed E-state index contributed by atoms with van der Waals surface area (Å²) in [5.41, 5.74) is -0.829. The van der Waals surface area contributed by atoms with Gasteiger partial charge in [-0.15, -0.1) is 0 Å². The highest BCUT2D eigenvalue weighted by molar-refractivity contribution is 7.80. The summed E-state index contributed by atoms with van der Waals surface area (Å²) in [4.78, 5) is 0. The van der Waals surface area contributed by atoms with Gasteiger partial charge < -0.3 is 20.1 Å². The zero-order chi connectivity index (χ0) is 17.3. The molecule has 2 aromatic rings. The Morgan fingerprint density at radius 3 is 2.50 bits per heavy atom. The first-order chi connectivity index (χ1) is 11.3. The van der Waals surface area contributed by atoms with Crippen LogP contribution in [0.4, 0.5) is 28.9 Å². The third-order valence-electron chi connectivity index (χ3n) is 3.17. The SMILES string of the molecule is Fc1ccc(C(F)(F)F)cc1NC(=S)Nc1ccc2c(c1)OCO2. The van der Waals surface area contributed by atoms with Gasteiger partial charge in [-0.1, -0.05) is 0 Å². The van der Waals surface area contributed by atoms with Gasteiger partial charge in [0.25, 0.3) is 0 Å². The first-order valence-corrected chi connectivity index (χ1v) is 7.08. The largest absolute Gasteiger partial charge is 0.454 e. The van der Waals surface area contributed by atoms with Gasteiger partial charge in [-0.05, 0) is 42.5 Å². The van der Waals surface area contributed by atoms with Crippen molar-refractivity contribution in [3.63, 3.8) is 0 Å². The summed E-state index contributed by atoms with van der Waals surface area (Å²) in [5.74, 6) is 0.231. The van der Waals surface area contributed by atoms with Crippen molar-refractivity contribution in [3.8, 4) is 11.5 Å². The number of rotatable bonds is 2. The number of benzene rings is 2. The predicted octanol–water partition coefficient (Wildman–Crippen LogP) is 4.38. The quantitative estimate of drug-likeness (QED) is 0.616. The molecular weight excluding hydrogens is 348 g/mol. The van der Waals surface area contributed by atoms with Crippen molar-refractivity contribution >= 4 is 28.7 Å². The highest BCUT2D eigenvalue weighted by Crippen LogP contribution is 2.34. The second-order valence-corrected chi connectivity index (χ2v) is 5.25. The van der Waals surface area contributed by atoms with Gasteiger partial charge in [0, 0.05) is 11.8 Å². The predicted molar refractivity (Wildman–Crippen MR) is 83.8 cm³/mol. The van der Waals surface area contributed by atoms with E-state index in [2.05, 4.69) is 10.6 Å². The summed E-state index contributed by atoms with van der Waals surface area (Å²) in [6, 6.07) is 6.95. The molecule has 1 aliphatic rings. The monoisotopic (exact) mass is 358 g/mol. The van der Waals surface area contributed by atoms with E-state index in [1.54, 1.807) is 18.2 Å². The Morgan fingerprint density at radius 2 is 1.75 bits per heavy atom. The first kappa shape index (κ1) is 16.3. The van der Waals surface area contributed by atoms with E-state index in [1.807, 2.05) is 0 Å². The molecule has 2 aromatic carbocycles. The molecule has 0 saturated heterocycles. The van der Waals surface area contributed by atoms with Crippen molar-refractivity contribution in [2.45, 2.75) is 6.18 Å². The minimum absolute atomic E-state index is 0.0629. The Morgan fingerprint density at radius 1 is 1.00 bits per heavy atom. The van der Waals surface area contributed by atoms with Crippen LogP contribution in [0.5, 0.6) is 11.5 Å². The molecule has 9 heteroatoms. The second-order valence-electron chi connectivity index (χ2n) is 4.84. The van der Waals surface area contributed by atoms with Crippen LogP contribution in [0.25, 0.3) is 0 Å². The lowest BCUT2D eigenvalue weighted by molar-refractivity contribution is -0.137. The fourth-order valence-corrected chi connectivity index (χ4v) is 2.28. The smallest absolute Gasteiger partial charge is 0.416 e. The van der Waals surface area contributed by atoms with E-state index < -0.39 is 17.6 Å². The number of thiocarbonyl (C=S) groups is 1. The molecule has 1 aliphatic heterocycles. The van der Waals surface area contributed by atoms with Crippen LogP contribution < -0.4 is 20.1 Å². The summed E-state index contributed by atoms with van der Waals surface area (Å²) in [7, 11) is 0. The van der Waals surface area contributed by atoms with Crippen LogP contribution >= 0.6 is 12.2 Å². The third-order valence-corrected chi connectivity index (χ3v) is 3.38. The summed E-state index contributed by atoms with van der Waals surface area (Å²) in [6.07, 6.45) is -4.57. The van der Waals surface area contributed by atoms with Crippen LogP contribution in [0, 0.1) is 5.82 Å². The summed E-state index contributed by atoms with van der Waals surface area (Å²) in [5, 5.41) is 5.09. The Labute approximate surface area is 139 Å². The molecule has 0 bridgehead atoms. The van der Waals surface area contributed by atoms with Crippen LogP contribution in [-0.2, 0) is 6.18 Å². The maximum absolute atomic E-state index is 13.7. The molecule has 2 N–H and O–H groups in total. The molecule has 0 aliphatic carbocycles. The Hall–Kier alpha value is -2.55. The summed E-state index contributed by atoms with van der Waals surface area (Å²) < 4.78 is 62.1. The van der Waals surface area contributed by atoms with Crippen molar-refractivity contribution in [1.29, 1.82) is 0 Å². The second kappa shape index (κ2) is 6.16. The number of fused-ring (bicyclic) bond motifs is 1. The number of ether oxygens (including phenoxy) is 2. The molecule has 0 saturated carbocycles. The van der Waals surface area contributed by atoms with Crippen molar-refractivity contribution in [2.75, 3.05) is 17.4 Å².